The first-order valence-corrected chi connectivity index (χ1v) is 9.09. The van der Waals surface area contributed by atoms with Gasteiger partial charge in [0.2, 0.25) is 11.8 Å². The van der Waals surface area contributed by atoms with Crippen LogP contribution in [-0.4, -0.2) is 35.7 Å². The van der Waals surface area contributed by atoms with Gasteiger partial charge in [-0.1, -0.05) is 51.3 Å². The van der Waals surface area contributed by atoms with Crippen LogP contribution in [0.25, 0.3) is 0 Å². The number of aldehydes is 1. The van der Waals surface area contributed by atoms with Gasteiger partial charge in [0.1, 0.15) is 6.29 Å². The van der Waals surface area contributed by atoms with Crippen LogP contribution in [-0.2, 0) is 4.79 Å². The maximum absolute atomic E-state index is 11.0. The Morgan fingerprint density at radius 1 is 1.17 bits per heavy atom. The summed E-state index contributed by atoms with van der Waals surface area (Å²) in [6.45, 7) is 4.41. The van der Waals surface area contributed by atoms with Crippen molar-refractivity contribution in [1.29, 1.82) is 0 Å². The number of hydrogen-bond acceptors (Lipinski definition) is 6. The van der Waals surface area contributed by atoms with Crippen molar-refractivity contribution in [2.24, 2.45) is 5.92 Å². The molecule has 0 spiro atoms. The topological polar surface area (TPSA) is 61.3 Å². The van der Waals surface area contributed by atoms with Crippen LogP contribution in [0.15, 0.2) is 11.2 Å². The van der Waals surface area contributed by atoms with E-state index < -0.39 is 0 Å². The van der Waals surface area contributed by atoms with Crippen LogP contribution in [0.1, 0.15) is 52.4 Å². The zero-order valence-electron chi connectivity index (χ0n) is 14.6. The second-order valence-corrected chi connectivity index (χ2v) is 6.83. The average Bonchev–Trinajstić information content (AvgIpc) is 2.57. The quantitative estimate of drug-likeness (QED) is 0.246. The van der Waals surface area contributed by atoms with Crippen molar-refractivity contribution in [3.05, 3.63) is 6.07 Å². The molecule has 23 heavy (non-hydrogen) atoms. The average molecular weight is 340 g/mol. The first kappa shape index (κ1) is 19.7. The maximum atomic E-state index is 11.0. The Kier molecular flexibility index (Phi) is 9.67. The Balaban J connectivity index is 2.72. The third-order valence-corrected chi connectivity index (χ3v) is 5.16. The molecule has 0 fully saturated rings. The highest BCUT2D eigenvalue weighted by Gasteiger charge is 2.20. The van der Waals surface area contributed by atoms with Gasteiger partial charge in [-0.25, -0.2) is 0 Å². The van der Waals surface area contributed by atoms with Crippen molar-refractivity contribution in [2.45, 2.75) is 62.8 Å². The number of methoxy groups -OCH3 is 2. The zero-order chi connectivity index (χ0) is 17.1. The lowest BCUT2D eigenvalue weighted by atomic mass is 9.98. The highest BCUT2D eigenvalue weighted by Crippen LogP contribution is 2.32. The second kappa shape index (κ2) is 11.3. The largest absolute Gasteiger partial charge is 0.481 e. The van der Waals surface area contributed by atoms with E-state index in [1.807, 2.05) is 0 Å². The molecule has 0 saturated carbocycles. The first-order valence-electron chi connectivity index (χ1n) is 8.21. The molecule has 0 aromatic carbocycles. The second-order valence-electron chi connectivity index (χ2n) is 5.62. The molecule has 0 aliphatic carbocycles. The van der Waals surface area contributed by atoms with Gasteiger partial charge >= 0.3 is 0 Å². The van der Waals surface area contributed by atoms with Crippen molar-refractivity contribution >= 4 is 18.0 Å². The molecular formula is C17H28N2O3S. The van der Waals surface area contributed by atoms with Crippen molar-refractivity contribution in [3.8, 4) is 11.8 Å². The zero-order valence-corrected chi connectivity index (χ0v) is 15.4. The molecule has 0 aliphatic rings. The highest BCUT2D eigenvalue weighted by molar-refractivity contribution is 7.99. The van der Waals surface area contributed by atoms with E-state index in [0.29, 0.717) is 29.3 Å². The molecule has 2 atom stereocenters. The third-order valence-electron chi connectivity index (χ3n) is 3.81. The van der Waals surface area contributed by atoms with Gasteiger partial charge in [0.25, 0.3) is 0 Å². The standard InChI is InChI=1S/C17H28N2O3S/c1-5-6-7-8-9-13(2)14(10-11-20)23-17-18-15(21-3)12-16(19-17)22-4/h11-14H,5-10H2,1-4H3. The van der Waals surface area contributed by atoms with E-state index in [-0.39, 0.29) is 5.25 Å². The minimum Gasteiger partial charge on any atom is -0.481 e. The van der Waals surface area contributed by atoms with Crippen molar-refractivity contribution in [3.63, 3.8) is 0 Å². The van der Waals surface area contributed by atoms with Gasteiger partial charge in [0, 0.05) is 11.7 Å². The van der Waals surface area contributed by atoms with Crippen molar-refractivity contribution in [1.82, 2.24) is 9.97 Å². The fraction of sp³-hybridized carbons (Fsp3) is 0.706. The maximum Gasteiger partial charge on any atom is 0.220 e. The summed E-state index contributed by atoms with van der Waals surface area (Å²) in [5.74, 6) is 1.38. The third kappa shape index (κ3) is 7.20. The van der Waals surface area contributed by atoms with E-state index in [4.69, 9.17) is 9.47 Å². The van der Waals surface area contributed by atoms with E-state index in [2.05, 4.69) is 23.8 Å². The van der Waals surface area contributed by atoms with Gasteiger partial charge in [-0.15, -0.1) is 0 Å². The van der Waals surface area contributed by atoms with Crippen LogP contribution in [0, 0.1) is 5.92 Å². The highest BCUT2D eigenvalue weighted by atomic mass is 32.2. The Labute approximate surface area is 143 Å². The van der Waals surface area contributed by atoms with Crippen LogP contribution in [0.3, 0.4) is 0 Å². The minimum absolute atomic E-state index is 0.172. The molecule has 0 amide bonds. The number of nitrogens with zero attached hydrogens (tertiary/aromatic N) is 2. The SMILES string of the molecule is CCCCCCC(C)C(CC=O)Sc1nc(OC)cc(OC)n1. The summed E-state index contributed by atoms with van der Waals surface area (Å²) in [6, 6.07) is 1.65. The summed E-state index contributed by atoms with van der Waals surface area (Å²) in [7, 11) is 3.13. The summed E-state index contributed by atoms with van der Waals surface area (Å²) >= 11 is 1.53. The lowest BCUT2D eigenvalue weighted by Crippen LogP contribution is -2.16. The van der Waals surface area contributed by atoms with E-state index in [9.17, 15) is 4.79 Å². The number of carbonyl (C=O) groups excluding carboxylic acids is 1. The molecule has 1 rings (SSSR count). The fourth-order valence-electron chi connectivity index (χ4n) is 2.35. The number of carbonyl (C=O) groups is 1. The smallest absolute Gasteiger partial charge is 0.220 e. The summed E-state index contributed by atoms with van der Waals surface area (Å²) in [5, 5.41) is 0.763. The van der Waals surface area contributed by atoms with Gasteiger partial charge < -0.3 is 14.3 Å². The Morgan fingerprint density at radius 2 is 1.83 bits per heavy atom. The van der Waals surface area contributed by atoms with Crippen molar-refractivity contribution < 1.29 is 14.3 Å². The molecule has 1 aromatic rings. The van der Waals surface area contributed by atoms with E-state index in [1.54, 1.807) is 20.3 Å². The molecule has 5 nitrogen and oxygen atoms in total. The molecule has 130 valence electrons. The Morgan fingerprint density at radius 3 is 2.35 bits per heavy atom. The molecule has 6 heteroatoms. The summed E-state index contributed by atoms with van der Waals surface area (Å²) in [6.07, 6.45) is 7.56. The van der Waals surface area contributed by atoms with Gasteiger partial charge in [-0.2, -0.15) is 9.97 Å². The molecule has 0 saturated heterocycles. The number of aromatic nitrogens is 2. The summed E-state index contributed by atoms with van der Waals surface area (Å²) < 4.78 is 10.4. The van der Waals surface area contributed by atoms with Crippen LogP contribution >= 0.6 is 11.8 Å². The number of thioether (sulfide) groups is 1. The Hall–Kier alpha value is -1.30. The summed E-state index contributed by atoms with van der Waals surface area (Å²) in [5.41, 5.74) is 0. The van der Waals surface area contributed by atoms with E-state index in [0.717, 1.165) is 12.7 Å². The lowest BCUT2D eigenvalue weighted by molar-refractivity contribution is -0.108. The Bertz CT molecular complexity index is 449. The lowest BCUT2D eigenvalue weighted by Gasteiger charge is -2.21. The number of rotatable bonds is 12. The van der Waals surface area contributed by atoms with Gasteiger partial charge in [-0.3, -0.25) is 0 Å². The molecule has 0 aliphatic heterocycles. The fourth-order valence-corrected chi connectivity index (χ4v) is 3.45. The molecule has 2 unspecified atom stereocenters. The normalized spacial score (nSPS) is 13.4. The molecular weight excluding hydrogens is 312 g/mol. The monoisotopic (exact) mass is 340 g/mol. The predicted octanol–water partition coefficient (Wildman–Crippen LogP) is 4.15. The van der Waals surface area contributed by atoms with Gasteiger partial charge in [-0.05, 0) is 12.3 Å². The summed E-state index contributed by atoms with van der Waals surface area (Å²) in [4.78, 5) is 19.7. The van der Waals surface area contributed by atoms with E-state index in [1.165, 1.54) is 37.4 Å². The van der Waals surface area contributed by atoms with Crippen LogP contribution < -0.4 is 9.47 Å². The number of ether oxygens (including phenoxy) is 2. The molecule has 0 radical (unpaired) electrons. The van der Waals surface area contributed by atoms with Crippen LogP contribution in [0.2, 0.25) is 0 Å². The number of unbranched alkanes of at least 4 members (excludes halogenated alkanes) is 3. The van der Waals surface area contributed by atoms with E-state index >= 15 is 0 Å². The minimum atomic E-state index is 0.172. The number of hydrogen-bond donors (Lipinski definition) is 0. The van der Waals surface area contributed by atoms with Crippen molar-refractivity contribution in [2.75, 3.05) is 14.2 Å². The molecule has 1 heterocycles. The van der Waals surface area contributed by atoms with Crippen LogP contribution in [0.5, 0.6) is 11.8 Å². The molecule has 0 bridgehead atoms. The molecule has 0 N–H and O–H groups in total. The van der Waals surface area contributed by atoms with Crippen LogP contribution in [0.4, 0.5) is 0 Å². The predicted molar refractivity (Wildman–Crippen MR) is 93.4 cm³/mol. The van der Waals surface area contributed by atoms with Gasteiger partial charge in [0.05, 0.1) is 20.3 Å². The first-order chi connectivity index (χ1) is 11.1. The van der Waals surface area contributed by atoms with Gasteiger partial charge in [0.15, 0.2) is 5.16 Å². The molecule has 1 aromatic heterocycles.